The third-order valence-electron chi connectivity index (χ3n) is 0.998. The predicted molar refractivity (Wildman–Crippen MR) is 37.4 cm³/mol. The zero-order chi connectivity index (χ0) is 8.43. The molecule has 1 aromatic rings. The molecule has 1 aromatic heterocycles. The number of hydrogen-bond donors (Lipinski definition) is 0. The van der Waals surface area contributed by atoms with Crippen LogP contribution < -0.4 is 0 Å². The van der Waals surface area contributed by atoms with E-state index in [-0.39, 0.29) is 0 Å². The Balaban J connectivity index is 3.23. The molecule has 0 amide bonds. The Morgan fingerprint density at radius 2 is 2.09 bits per heavy atom. The van der Waals surface area contributed by atoms with Crippen molar-refractivity contribution < 1.29 is 13.6 Å². The SMILES string of the molecule is O=C(Br)c1nc(F)ccc1F. The number of nitrogens with zero attached hydrogens (tertiary/aromatic N) is 1. The van der Waals surface area contributed by atoms with Crippen LogP contribution in [0.5, 0.6) is 0 Å². The van der Waals surface area contributed by atoms with Gasteiger partial charge in [0, 0.05) is 0 Å². The second-order valence-corrected chi connectivity index (χ2v) is 2.46. The lowest BCUT2D eigenvalue weighted by Gasteiger charge is -1.94. The van der Waals surface area contributed by atoms with Crippen LogP contribution in [0.2, 0.25) is 0 Å². The molecule has 0 aliphatic rings. The molecule has 0 saturated heterocycles. The van der Waals surface area contributed by atoms with E-state index in [9.17, 15) is 13.6 Å². The van der Waals surface area contributed by atoms with Gasteiger partial charge in [-0.3, -0.25) is 4.79 Å². The predicted octanol–water partition coefficient (Wildman–Crippen LogP) is 1.89. The summed E-state index contributed by atoms with van der Waals surface area (Å²) in [6.45, 7) is 0. The lowest BCUT2D eigenvalue weighted by Crippen LogP contribution is -1.99. The van der Waals surface area contributed by atoms with E-state index in [0.717, 1.165) is 12.1 Å². The average molecular weight is 222 g/mol. The fraction of sp³-hybridized carbons (Fsp3) is 0. The van der Waals surface area contributed by atoms with Crippen LogP contribution in [0.3, 0.4) is 0 Å². The molecule has 0 N–H and O–H groups in total. The van der Waals surface area contributed by atoms with Crippen molar-refractivity contribution >= 4 is 20.6 Å². The molecule has 1 heterocycles. The summed E-state index contributed by atoms with van der Waals surface area (Å²) in [5.74, 6) is -1.72. The van der Waals surface area contributed by atoms with Crippen molar-refractivity contribution in [2.45, 2.75) is 0 Å². The lowest BCUT2D eigenvalue weighted by atomic mass is 10.3. The summed E-state index contributed by atoms with van der Waals surface area (Å²) in [7, 11) is 0. The third-order valence-corrected chi connectivity index (χ3v) is 1.37. The second-order valence-electron chi connectivity index (χ2n) is 1.74. The summed E-state index contributed by atoms with van der Waals surface area (Å²) in [5.41, 5.74) is -0.537. The minimum absolute atomic E-state index is 0.537. The zero-order valence-electron chi connectivity index (χ0n) is 5.14. The van der Waals surface area contributed by atoms with Crippen LogP contribution in [-0.2, 0) is 0 Å². The van der Waals surface area contributed by atoms with Gasteiger partial charge >= 0.3 is 0 Å². The highest BCUT2D eigenvalue weighted by molar-refractivity contribution is 9.18. The number of halogens is 3. The van der Waals surface area contributed by atoms with Crippen molar-refractivity contribution in [3.8, 4) is 0 Å². The van der Waals surface area contributed by atoms with Crippen LogP contribution in [0.1, 0.15) is 10.5 Å². The number of pyridine rings is 1. The van der Waals surface area contributed by atoms with Crippen molar-refractivity contribution in [1.82, 2.24) is 4.98 Å². The Bertz CT molecular complexity index is 303. The standard InChI is InChI=1S/C6H2BrF2NO/c7-6(11)5-3(8)1-2-4(9)10-5/h1-2H. The quantitative estimate of drug-likeness (QED) is 0.536. The highest BCUT2D eigenvalue weighted by Crippen LogP contribution is 2.08. The van der Waals surface area contributed by atoms with Gasteiger partial charge < -0.3 is 0 Å². The van der Waals surface area contributed by atoms with Crippen LogP contribution in [0.4, 0.5) is 8.78 Å². The van der Waals surface area contributed by atoms with Gasteiger partial charge in [0.05, 0.1) is 0 Å². The Morgan fingerprint density at radius 1 is 1.45 bits per heavy atom. The van der Waals surface area contributed by atoms with Crippen molar-refractivity contribution in [2.75, 3.05) is 0 Å². The smallest absolute Gasteiger partial charge is 0.249 e. The van der Waals surface area contributed by atoms with E-state index in [1.807, 2.05) is 0 Å². The molecule has 0 bridgehead atoms. The number of carbonyl (C=O) groups is 1. The van der Waals surface area contributed by atoms with E-state index < -0.39 is 22.2 Å². The highest BCUT2D eigenvalue weighted by atomic mass is 79.9. The van der Waals surface area contributed by atoms with Gasteiger partial charge in [-0.25, -0.2) is 9.37 Å². The van der Waals surface area contributed by atoms with Gasteiger partial charge in [0.15, 0.2) is 11.5 Å². The molecular formula is C6H2BrF2NO. The first-order valence-corrected chi connectivity index (χ1v) is 3.42. The maximum Gasteiger partial charge on any atom is 0.249 e. The van der Waals surface area contributed by atoms with E-state index in [2.05, 4.69) is 20.9 Å². The number of hydrogen-bond acceptors (Lipinski definition) is 2. The summed E-state index contributed by atoms with van der Waals surface area (Å²) in [6, 6.07) is 1.69. The van der Waals surface area contributed by atoms with Gasteiger partial charge in [-0.1, -0.05) is 0 Å². The van der Waals surface area contributed by atoms with E-state index in [4.69, 9.17) is 0 Å². The van der Waals surface area contributed by atoms with Crippen LogP contribution in [0.15, 0.2) is 12.1 Å². The molecule has 1 rings (SSSR count). The Labute approximate surface area is 69.4 Å². The maximum absolute atomic E-state index is 12.5. The summed E-state index contributed by atoms with van der Waals surface area (Å²) in [5, 5.41) is 0. The maximum atomic E-state index is 12.5. The topological polar surface area (TPSA) is 30.0 Å². The Kier molecular flexibility index (Phi) is 2.28. The molecule has 58 valence electrons. The number of carbonyl (C=O) groups excluding carboxylic acids is 1. The molecule has 0 fully saturated rings. The van der Waals surface area contributed by atoms with Crippen molar-refractivity contribution in [3.63, 3.8) is 0 Å². The average Bonchev–Trinajstić information content (AvgIpc) is 1.94. The summed E-state index contributed by atoms with van der Waals surface area (Å²) >= 11 is 2.46. The number of rotatable bonds is 1. The third kappa shape index (κ3) is 1.80. The van der Waals surface area contributed by atoms with Crippen molar-refractivity contribution in [2.24, 2.45) is 0 Å². The molecule has 0 saturated carbocycles. The molecule has 0 unspecified atom stereocenters. The van der Waals surface area contributed by atoms with E-state index in [0.29, 0.717) is 0 Å². The van der Waals surface area contributed by atoms with Gasteiger partial charge in [0.2, 0.25) is 10.6 Å². The molecule has 5 heteroatoms. The normalized spacial score (nSPS) is 9.73. The summed E-state index contributed by atoms with van der Waals surface area (Å²) in [6.07, 6.45) is 0. The number of aromatic nitrogens is 1. The van der Waals surface area contributed by atoms with Gasteiger partial charge in [0.25, 0.3) is 0 Å². The Morgan fingerprint density at radius 3 is 2.55 bits per heavy atom. The van der Waals surface area contributed by atoms with Gasteiger partial charge in [0.1, 0.15) is 0 Å². The van der Waals surface area contributed by atoms with Crippen LogP contribution >= 0.6 is 15.9 Å². The molecule has 2 nitrogen and oxygen atoms in total. The first kappa shape index (κ1) is 8.26. The van der Waals surface area contributed by atoms with Crippen LogP contribution in [-0.4, -0.2) is 9.68 Å². The lowest BCUT2D eigenvalue weighted by molar-refractivity contribution is 0.108. The summed E-state index contributed by atoms with van der Waals surface area (Å²) in [4.78, 5) is 13.5. The first-order chi connectivity index (χ1) is 5.11. The molecular weight excluding hydrogens is 220 g/mol. The molecule has 11 heavy (non-hydrogen) atoms. The molecule has 0 aromatic carbocycles. The van der Waals surface area contributed by atoms with Crippen LogP contribution in [0.25, 0.3) is 0 Å². The van der Waals surface area contributed by atoms with E-state index >= 15 is 0 Å². The fourth-order valence-electron chi connectivity index (χ4n) is 0.556. The van der Waals surface area contributed by atoms with E-state index in [1.54, 1.807) is 0 Å². The Hall–Kier alpha value is -0.840. The highest BCUT2D eigenvalue weighted by Gasteiger charge is 2.10. The minimum Gasteiger partial charge on any atom is -0.279 e. The van der Waals surface area contributed by atoms with Crippen LogP contribution in [0, 0.1) is 11.8 Å². The fourth-order valence-corrected chi connectivity index (χ4v) is 0.834. The molecule has 0 atom stereocenters. The monoisotopic (exact) mass is 221 g/mol. The largest absolute Gasteiger partial charge is 0.279 e. The van der Waals surface area contributed by atoms with Gasteiger partial charge in [-0.15, -0.1) is 0 Å². The molecule has 0 aliphatic heterocycles. The van der Waals surface area contributed by atoms with Gasteiger partial charge in [-0.2, -0.15) is 4.39 Å². The zero-order valence-corrected chi connectivity index (χ0v) is 6.73. The molecule has 0 aliphatic carbocycles. The van der Waals surface area contributed by atoms with Crippen molar-refractivity contribution in [3.05, 3.63) is 29.6 Å². The summed E-state index contributed by atoms with van der Waals surface area (Å²) < 4.78 is 24.0. The van der Waals surface area contributed by atoms with Crippen molar-refractivity contribution in [1.29, 1.82) is 0 Å². The second kappa shape index (κ2) is 3.04. The van der Waals surface area contributed by atoms with Gasteiger partial charge in [-0.05, 0) is 28.1 Å². The van der Waals surface area contributed by atoms with E-state index in [1.165, 1.54) is 0 Å². The minimum atomic E-state index is -0.880. The molecule has 0 radical (unpaired) electrons. The first-order valence-electron chi connectivity index (χ1n) is 2.63. The molecule has 0 spiro atoms.